The molecule has 1 aliphatic heterocycles. The van der Waals surface area contributed by atoms with Gasteiger partial charge in [-0.25, -0.2) is 8.42 Å². The summed E-state index contributed by atoms with van der Waals surface area (Å²) in [5, 5.41) is 6.83. The fraction of sp³-hybridized carbons (Fsp3) is 0.444. The molecule has 7 nitrogen and oxygen atoms in total. The van der Waals surface area contributed by atoms with Gasteiger partial charge in [0.25, 0.3) is 5.91 Å². The molecule has 26 heavy (non-hydrogen) atoms. The van der Waals surface area contributed by atoms with Crippen molar-refractivity contribution in [3.8, 4) is 0 Å². The molecule has 3 atom stereocenters. The SMILES string of the molecule is Cc1noc(C)c1S(=O)(=O)N1CC2CC1CC2NC(=O)c1ccccc1. The molecule has 1 aliphatic carbocycles. The highest BCUT2D eigenvalue weighted by atomic mass is 32.2. The number of amides is 1. The fourth-order valence-electron chi connectivity index (χ4n) is 4.19. The lowest BCUT2D eigenvalue weighted by molar-refractivity contribution is 0.0919. The Balaban J connectivity index is 1.48. The van der Waals surface area contributed by atoms with Crippen molar-refractivity contribution in [2.24, 2.45) is 5.92 Å². The number of nitrogens with one attached hydrogen (secondary N) is 1. The molecule has 2 aromatic rings. The first-order valence-corrected chi connectivity index (χ1v) is 10.1. The number of aromatic nitrogens is 1. The molecule has 2 fully saturated rings. The van der Waals surface area contributed by atoms with Crippen LogP contribution >= 0.6 is 0 Å². The Labute approximate surface area is 152 Å². The van der Waals surface area contributed by atoms with Gasteiger partial charge in [-0.1, -0.05) is 23.4 Å². The van der Waals surface area contributed by atoms with Gasteiger partial charge in [-0.05, 0) is 44.7 Å². The molecule has 2 heterocycles. The number of carbonyl (C=O) groups excluding carboxylic acids is 1. The van der Waals surface area contributed by atoms with Gasteiger partial charge in [-0.15, -0.1) is 0 Å². The van der Waals surface area contributed by atoms with Crippen LogP contribution in [0.4, 0.5) is 0 Å². The zero-order valence-corrected chi connectivity index (χ0v) is 15.5. The van der Waals surface area contributed by atoms with E-state index in [1.54, 1.807) is 30.3 Å². The maximum absolute atomic E-state index is 13.0. The predicted octanol–water partition coefficient (Wildman–Crippen LogP) is 1.87. The number of fused-ring (bicyclic) bond motifs is 2. The zero-order valence-electron chi connectivity index (χ0n) is 14.7. The summed E-state index contributed by atoms with van der Waals surface area (Å²) in [4.78, 5) is 12.5. The Bertz CT molecular complexity index is 919. The Hall–Kier alpha value is -2.19. The number of nitrogens with zero attached hydrogens (tertiary/aromatic N) is 2. The summed E-state index contributed by atoms with van der Waals surface area (Å²) >= 11 is 0. The number of benzene rings is 1. The van der Waals surface area contributed by atoms with Crippen molar-refractivity contribution in [3.63, 3.8) is 0 Å². The van der Waals surface area contributed by atoms with Crippen LogP contribution in [0.2, 0.25) is 0 Å². The van der Waals surface area contributed by atoms with Gasteiger partial charge in [0.05, 0.1) is 0 Å². The molecule has 2 aliphatic rings. The van der Waals surface area contributed by atoms with Crippen LogP contribution in [0.5, 0.6) is 0 Å². The quantitative estimate of drug-likeness (QED) is 0.881. The first-order chi connectivity index (χ1) is 12.4. The number of aryl methyl sites for hydroxylation is 2. The van der Waals surface area contributed by atoms with Crippen molar-refractivity contribution in [2.75, 3.05) is 6.54 Å². The van der Waals surface area contributed by atoms with Crippen molar-refractivity contribution in [1.29, 1.82) is 0 Å². The number of piperidine rings is 1. The molecule has 138 valence electrons. The Morgan fingerprint density at radius 2 is 1.96 bits per heavy atom. The summed E-state index contributed by atoms with van der Waals surface area (Å²) < 4.78 is 32.6. The van der Waals surface area contributed by atoms with E-state index in [-0.39, 0.29) is 28.8 Å². The lowest BCUT2D eigenvalue weighted by atomic mass is 10.0. The molecule has 0 spiro atoms. The summed E-state index contributed by atoms with van der Waals surface area (Å²) in [6.07, 6.45) is 1.40. The normalized spacial score (nSPS) is 25.5. The van der Waals surface area contributed by atoms with Gasteiger partial charge < -0.3 is 9.84 Å². The van der Waals surface area contributed by atoms with Gasteiger partial charge in [0.2, 0.25) is 10.0 Å². The van der Waals surface area contributed by atoms with E-state index in [0.29, 0.717) is 30.0 Å². The third-order valence-corrected chi connectivity index (χ3v) is 7.54. The van der Waals surface area contributed by atoms with Crippen molar-refractivity contribution in [2.45, 2.75) is 43.7 Å². The zero-order chi connectivity index (χ0) is 18.5. The lowest BCUT2D eigenvalue weighted by Crippen LogP contribution is -2.47. The van der Waals surface area contributed by atoms with Gasteiger partial charge in [-0.2, -0.15) is 4.31 Å². The first-order valence-electron chi connectivity index (χ1n) is 8.68. The molecule has 3 unspecified atom stereocenters. The molecule has 0 radical (unpaired) electrons. The minimum atomic E-state index is -3.63. The fourth-order valence-corrected chi connectivity index (χ4v) is 6.18. The summed E-state index contributed by atoms with van der Waals surface area (Å²) in [7, 11) is -3.63. The van der Waals surface area contributed by atoms with Gasteiger partial charge in [-0.3, -0.25) is 4.79 Å². The van der Waals surface area contributed by atoms with Crippen LogP contribution < -0.4 is 5.32 Å². The lowest BCUT2D eigenvalue weighted by Gasteiger charge is -2.31. The number of hydrogen-bond donors (Lipinski definition) is 1. The average molecular weight is 375 g/mol. The van der Waals surface area contributed by atoms with E-state index in [9.17, 15) is 13.2 Å². The summed E-state index contributed by atoms with van der Waals surface area (Å²) in [5.74, 6) is 0.338. The molecule has 4 rings (SSSR count). The second-order valence-electron chi connectivity index (χ2n) is 7.06. The van der Waals surface area contributed by atoms with Crippen LogP contribution in [-0.2, 0) is 10.0 Å². The highest BCUT2D eigenvalue weighted by molar-refractivity contribution is 7.89. The maximum atomic E-state index is 13.0. The largest absolute Gasteiger partial charge is 0.360 e. The monoisotopic (exact) mass is 375 g/mol. The third kappa shape index (κ3) is 2.73. The predicted molar refractivity (Wildman–Crippen MR) is 94.1 cm³/mol. The standard InChI is InChI=1S/C18H21N3O4S/c1-11-17(12(2)25-20-11)26(23,24)21-10-14-8-15(21)9-16(14)19-18(22)13-6-4-3-5-7-13/h3-7,14-16H,8-10H2,1-2H3,(H,19,22). The third-order valence-electron chi connectivity index (χ3n) is 5.38. The van der Waals surface area contributed by atoms with E-state index in [4.69, 9.17) is 4.52 Å². The first kappa shape index (κ1) is 17.2. The number of hydrogen-bond acceptors (Lipinski definition) is 5. The second-order valence-corrected chi connectivity index (χ2v) is 8.89. The van der Waals surface area contributed by atoms with Gasteiger partial charge in [0.1, 0.15) is 10.6 Å². The molecule has 1 saturated carbocycles. The van der Waals surface area contributed by atoms with E-state index in [0.717, 1.165) is 6.42 Å². The van der Waals surface area contributed by atoms with E-state index in [1.165, 1.54) is 0 Å². The summed E-state index contributed by atoms with van der Waals surface area (Å²) in [6.45, 7) is 3.67. The molecule has 1 amide bonds. The van der Waals surface area contributed by atoms with Crippen molar-refractivity contribution in [3.05, 3.63) is 47.3 Å². The second kappa shape index (κ2) is 6.21. The molecular formula is C18H21N3O4S. The van der Waals surface area contributed by atoms with Crippen LogP contribution in [0.1, 0.15) is 34.7 Å². The number of rotatable bonds is 4. The smallest absolute Gasteiger partial charge is 0.251 e. The summed E-state index contributed by atoms with van der Waals surface area (Å²) in [6, 6.07) is 8.98. The minimum absolute atomic E-state index is 0.00354. The van der Waals surface area contributed by atoms with E-state index >= 15 is 0 Å². The van der Waals surface area contributed by atoms with Crippen LogP contribution in [0, 0.1) is 19.8 Å². The average Bonchev–Trinajstić information content (AvgIpc) is 3.30. The van der Waals surface area contributed by atoms with Crippen molar-refractivity contribution >= 4 is 15.9 Å². The molecule has 2 bridgehead atoms. The van der Waals surface area contributed by atoms with Crippen LogP contribution in [0.3, 0.4) is 0 Å². The summed E-state index contributed by atoms with van der Waals surface area (Å²) in [5.41, 5.74) is 1.01. The van der Waals surface area contributed by atoms with Crippen LogP contribution in [0.25, 0.3) is 0 Å². The Kier molecular flexibility index (Phi) is 4.11. The topological polar surface area (TPSA) is 92.5 Å². The molecule has 1 saturated heterocycles. The molecule has 1 aromatic carbocycles. The van der Waals surface area contributed by atoms with E-state index in [2.05, 4.69) is 10.5 Å². The highest BCUT2D eigenvalue weighted by Gasteiger charge is 2.50. The maximum Gasteiger partial charge on any atom is 0.251 e. The molecule has 1 aromatic heterocycles. The van der Waals surface area contributed by atoms with Gasteiger partial charge in [0, 0.05) is 24.2 Å². The van der Waals surface area contributed by atoms with Crippen LogP contribution in [0.15, 0.2) is 39.8 Å². The highest BCUT2D eigenvalue weighted by Crippen LogP contribution is 2.41. The Morgan fingerprint density at radius 1 is 1.23 bits per heavy atom. The van der Waals surface area contributed by atoms with E-state index < -0.39 is 10.0 Å². The number of carbonyl (C=O) groups is 1. The Morgan fingerprint density at radius 3 is 2.54 bits per heavy atom. The molecule has 8 heteroatoms. The minimum Gasteiger partial charge on any atom is -0.360 e. The number of sulfonamides is 1. The van der Waals surface area contributed by atoms with E-state index in [1.807, 2.05) is 18.2 Å². The van der Waals surface area contributed by atoms with Crippen molar-refractivity contribution < 1.29 is 17.7 Å². The van der Waals surface area contributed by atoms with Crippen LogP contribution in [-0.4, -0.2) is 42.4 Å². The van der Waals surface area contributed by atoms with Gasteiger partial charge in [0.15, 0.2) is 5.76 Å². The molecule has 1 N–H and O–H groups in total. The van der Waals surface area contributed by atoms with Gasteiger partial charge >= 0.3 is 0 Å². The molecular weight excluding hydrogens is 354 g/mol. The van der Waals surface area contributed by atoms with Crippen molar-refractivity contribution in [1.82, 2.24) is 14.8 Å².